The van der Waals surface area contributed by atoms with Crippen molar-refractivity contribution in [3.05, 3.63) is 148 Å². The monoisotopic (exact) mass is 511 g/mol. The predicted molar refractivity (Wildman–Crippen MR) is 151 cm³/mol. The summed E-state index contributed by atoms with van der Waals surface area (Å²) in [6, 6.07) is 33.0. The molecule has 5 nitrogen and oxygen atoms in total. The molecule has 0 bridgehead atoms. The van der Waals surface area contributed by atoms with Gasteiger partial charge in [-0.3, -0.25) is 9.69 Å². The van der Waals surface area contributed by atoms with Gasteiger partial charge in [0.1, 0.15) is 17.6 Å². The minimum Gasteiger partial charge on any atom is -0.440 e. The third kappa shape index (κ3) is 4.23. The maximum Gasteiger partial charge on any atom is 0.207 e. The van der Waals surface area contributed by atoms with Crippen molar-refractivity contribution in [3.63, 3.8) is 0 Å². The highest BCUT2D eigenvalue weighted by Crippen LogP contribution is 2.40. The molecule has 2 aliphatic rings. The SMILES string of the molecule is O=C1/C(=C\c2ccc(N(c3ccccc3)c3ccc(/C=C4/Cc5ccccc5C4O)o3)o2)Cc2ccccc21. The first-order valence-corrected chi connectivity index (χ1v) is 13.0. The summed E-state index contributed by atoms with van der Waals surface area (Å²) in [7, 11) is 0. The molecule has 1 atom stereocenters. The lowest BCUT2D eigenvalue weighted by molar-refractivity contribution is 0.104. The first kappa shape index (κ1) is 23.3. The van der Waals surface area contributed by atoms with Crippen LogP contribution in [-0.4, -0.2) is 10.9 Å². The maximum absolute atomic E-state index is 12.9. The molecule has 5 heteroatoms. The fourth-order valence-electron chi connectivity index (χ4n) is 5.45. The zero-order valence-electron chi connectivity index (χ0n) is 21.1. The molecule has 2 heterocycles. The van der Waals surface area contributed by atoms with Crippen molar-refractivity contribution in [1.82, 2.24) is 0 Å². The van der Waals surface area contributed by atoms with E-state index in [0.29, 0.717) is 41.7 Å². The van der Waals surface area contributed by atoms with Gasteiger partial charge < -0.3 is 13.9 Å². The smallest absolute Gasteiger partial charge is 0.207 e. The van der Waals surface area contributed by atoms with Gasteiger partial charge in [0.25, 0.3) is 0 Å². The highest BCUT2D eigenvalue weighted by atomic mass is 16.4. The van der Waals surface area contributed by atoms with Crippen LogP contribution in [0, 0.1) is 0 Å². The number of furan rings is 2. The van der Waals surface area contributed by atoms with Gasteiger partial charge in [-0.1, -0.05) is 66.7 Å². The number of Topliss-reactive ketones (excluding diaryl/α,β-unsaturated/α-hetero) is 1. The summed E-state index contributed by atoms with van der Waals surface area (Å²) in [6.07, 6.45) is 4.39. The van der Waals surface area contributed by atoms with E-state index in [0.717, 1.165) is 33.5 Å². The minimum atomic E-state index is -0.634. The Bertz CT molecular complexity index is 1750. The van der Waals surface area contributed by atoms with Crippen molar-refractivity contribution in [2.75, 3.05) is 4.90 Å². The quantitative estimate of drug-likeness (QED) is 0.244. The van der Waals surface area contributed by atoms with E-state index in [4.69, 9.17) is 8.83 Å². The first-order chi connectivity index (χ1) is 19.1. The van der Waals surface area contributed by atoms with Crippen molar-refractivity contribution >= 4 is 35.4 Å². The number of para-hydroxylation sites is 1. The minimum absolute atomic E-state index is 0.0448. The zero-order chi connectivity index (χ0) is 26.3. The van der Waals surface area contributed by atoms with Crippen molar-refractivity contribution in [2.45, 2.75) is 18.9 Å². The number of hydrogen-bond acceptors (Lipinski definition) is 5. The van der Waals surface area contributed by atoms with E-state index in [9.17, 15) is 9.90 Å². The van der Waals surface area contributed by atoms with Crippen molar-refractivity contribution in [2.24, 2.45) is 0 Å². The lowest BCUT2D eigenvalue weighted by atomic mass is 10.1. The largest absolute Gasteiger partial charge is 0.440 e. The summed E-state index contributed by atoms with van der Waals surface area (Å²) in [5.41, 5.74) is 6.37. The molecule has 5 aromatic rings. The van der Waals surface area contributed by atoms with E-state index in [1.165, 1.54) is 0 Å². The Morgan fingerprint density at radius 2 is 1.33 bits per heavy atom. The van der Waals surface area contributed by atoms with Crippen LogP contribution in [0.2, 0.25) is 0 Å². The molecule has 190 valence electrons. The number of nitrogens with zero attached hydrogens (tertiary/aromatic N) is 1. The van der Waals surface area contributed by atoms with E-state index in [-0.39, 0.29) is 5.78 Å². The second-order valence-corrected chi connectivity index (χ2v) is 9.85. The van der Waals surface area contributed by atoms with Crippen LogP contribution in [0.5, 0.6) is 0 Å². The van der Waals surface area contributed by atoms with Gasteiger partial charge in [0.15, 0.2) is 5.78 Å². The highest BCUT2D eigenvalue weighted by molar-refractivity contribution is 6.15. The molecule has 0 amide bonds. The van der Waals surface area contributed by atoms with E-state index >= 15 is 0 Å². The Morgan fingerprint density at radius 3 is 2.05 bits per heavy atom. The molecule has 0 saturated carbocycles. The van der Waals surface area contributed by atoms with Gasteiger partial charge in [-0.05, 0) is 65.1 Å². The molecule has 0 fully saturated rings. The van der Waals surface area contributed by atoms with Crippen LogP contribution in [0.25, 0.3) is 12.2 Å². The van der Waals surface area contributed by atoms with Gasteiger partial charge >= 0.3 is 0 Å². The summed E-state index contributed by atoms with van der Waals surface area (Å²) >= 11 is 0. The topological polar surface area (TPSA) is 66.8 Å². The third-order valence-corrected chi connectivity index (χ3v) is 7.35. The molecular weight excluding hydrogens is 486 g/mol. The fourth-order valence-corrected chi connectivity index (χ4v) is 5.45. The number of aliphatic hydroxyl groups is 1. The van der Waals surface area contributed by atoms with Crippen LogP contribution >= 0.6 is 0 Å². The number of benzene rings is 3. The number of fused-ring (bicyclic) bond motifs is 2. The molecular formula is C34H25NO4. The van der Waals surface area contributed by atoms with Crippen LogP contribution < -0.4 is 4.90 Å². The average molecular weight is 512 g/mol. The van der Waals surface area contributed by atoms with Crippen molar-refractivity contribution < 1.29 is 18.7 Å². The lowest BCUT2D eigenvalue weighted by Crippen LogP contribution is -2.07. The second-order valence-electron chi connectivity index (χ2n) is 9.85. The van der Waals surface area contributed by atoms with E-state index in [2.05, 4.69) is 0 Å². The number of carbonyl (C=O) groups is 1. The zero-order valence-corrected chi connectivity index (χ0v) is 21.1. The molecule has 1 unspecified atom stereocenters. The number of rotatable bonds is 5. The van der Waals surface area contributed by atoms with E-state index < -0.39 is 6.10 Å². The first-order valence-electron chi connectivity index (χ1n) is 13.0. The normalized spacial score (nSPS) is 18.1. The Labute approximate surface area is 225 Å². The van der Waals surface area contributed by atoms with Gasteiger partial charge in [0, 0.05) is 29.7 Å². The molecule has 0 saturated heterocycles. The summed E-state index contributed by atoms with van der Waals surface area (Å²) in [6.45, 7) is 0. The number of ketones is 1. The van der Waals surface area contributed by atoms with Gasteiger partial charge in [0.2, 0.25) is 11.8 Å². The molecule has 0 spiro atoms. The van der Waals surface area contributed by atoms with Crippen LogP contribution in [0.4, 0.5) is 17.5 Å². The number of hydrogen-bond donors (Lipinski definition) is 1. The average Bonchev–Trinajstić information content (AvgIpc) is 3.75. The summed E-state index contributed by atoms with van der Waals surface area (Å²) in [4.78, 5) is 14.8. The molecule has 39 heavy (non-hydrogen) atoms. The van der Waals surface area contributed by atoms with Crippen molar-refractivity contribution in [1.29, 1.82) is 0 Å². The number of anilines is 3. The van der Waals surface area contributed by atoms with Crippen LogP contribution in [0.15, 0.2) is 123 Å². The van der Waals surface area contributed by atoms with Gasteiger partial charge in [0.05, 0.1) is 5.69 Å². The molecule has 2 aliphatic carbocycles. The Kier molecular flexibility index (Phi) is 5.64. The highest BCUT2D eigenvalue weighted by Gasteiger charge is 2.27. The van der Waals surface area contributed by atoms with E-state index in [1.807, 2.05) is 120 Å². The maximum atomic E-state index is 12.9. The van der Waals surface area contributed by atoms with Crippen LogP contribution in [-0.2, 0) is 12.8 Å². The van der Waals surface area contributed by atoms with Crippen LogP contribution in [0.3, 0.4) is 0 Å². The van der Waals surface area contributed by atoms with Gasteiger partial charge in [-0.15, -0.1) is 0 Å². The summed E-state index contributed by atoms with van der Waals surface area (Å²) in [5, 5.41) is 10.8. The van der Waals surface area contributed by atoms with Gasteiger partial charge in [-0.2, -0.15) is 0 Å². The summed E-state index contributed by atoms with van der Waals surface area (Å²) in [5.74, 6) is 2.44. The number of aliphatic hydroxyl groups excluding tert-OH is 1. The molecule has 3 aromatic carbocycles. The van der Waals surface area contributed by atoms with E-state index in [1.54, 1.807) is 0 Å². The predicted octanol–water partition coefficient (Wildman–Crippen LogP) is 7.84. The standard InChI is InChI=1S/C34H25NO4/c36-33-24(18-22-8-4-6-12-29(22)33)20-27-14-16-31(38-27)35(26-10-2-1-3-11-26)32-17-15-28(39-32)21-25-19-23-9-5-7-13-30(23)34(25)37/h1-17,20-21,33,36H,18-19H2/b24-20-,25-21-. The van der Waals surface area contributed by atoms with Crippen LogP contribution in [0.1, 0.15) is 44.7 Å². The third-order valence-electron chi connectivity index (χ3n) is 7.35. The molecule has 0 aliphatic heterocycles. The second kappa shape index (κ2) is 9.46. The fraction of sp³-hybridized carbons (Fsp3) is 0.0882. The molecule has 7 rings (SSSR count). The molecule has 2 aromatic heterocycles. The number of allylic oxidation sites excluding steroid dienone is 1. The number of carbonyl (C=O) groups excluding carboxylic acids is 1. The Morgan fingerprint density at radius 1 is 0.692 bits per heavy atom. The van der Waals surface area contributed by atoms with Gasteiger partial charge in [-0.25, -0.2) is 0 Å². The summed E-state index contributed by atoms with van der Waals surface area (Å²) < 4.78 is 12.5. The molecule has 1 N–H and O–H groups in total. The Hall–Kier alpha value is -4.87. The Balaban J connectivity index is 1.20. The van der Waals surface area contributed by atoms with Crippen molar-refractivity contribution in [3.8, 4) is 0 Å². The molecule has 0 radical (unpaired) electrons. The lowest BCUT2D eigenvalue weighted by Gasteiger charge is -2.19.